The van der Waals surface area contributed by atoms with Gasteiger partial charge in [0.05, 0.1) is 6.54 Å². The van der Waals surface area contributed by atoms with E-state index in [2.05, 4.69) is 0 Å². The summed E-state index contributed by atoms with van der Waals surface area (Å²) in [6, 6.07) is 17.7. The molecule has 2 aliphatic rings. The van der Waals surface area contributed by atoms with E-state index in [9.17, 15) is 14.9 Å². The predicted octanol–water partition coefficient (Wildman–Crippen LogP) is 3.52. The zero-order valence-corrected chi connectivity index (χ0v) is 17.6. The highest BCUT2D eigenvalue weighted by molar-refractivity contribution is 6.31. The first-order chi connectivity index (χ1) is 15.4. The van der Waals surface area contributed by atoms with E-state index < -0.39 is 16.9 Å². The highest BCUT2D eigenvalue weighted by atomic mass is 35.5. The van der Waals surface area contributed by atoms with Crippen LogP contribution in [0.25, 0.3) is 0 Å². The molecule has 2 aliphatic heterocycles. The monoisotopic (exact) mass is 445 g/mol. The van der Waals surface area contributed by atoms with Crippen LogP contribution in [0.2, 0.25) is 5.02 Å². The molecule has 1 aromatic heterocycles. The van der Waals surface area contributed by atoms with Crippen LogP contribution in [0.1, 0.15) is 22.5 Å². The number of aryl methyl sites for hydroxylation is 1. The van der Waals surface area contributed by atoms with Crippen LogP contribution in [-0.2, 0) is 16.8 Å². The lowest BCUT2D eigenvalue weighted by Gasteiger charge is -2.33. The molecule has 1 spiro atoms. The van der Waals surface area contributed by atoms with Gasteiger partial charge in [0.15, 0.2) is 5.41 Å². The Balaban J connectivity index is 1.84. The molecule has 1 unspecified atom stereocenters. The maximum atomic E-state index is 14.2. The van der Waals surface area contributed by atoms with Gasteiger partial charge in [-0.3, -0.25) is 4.79 Å². The van der Waals surface area contributed by atoms with Crippen LogP contribution in [0.4, 0.5) is 5.69 Å². The van der Waals surface area contributed by atoms with Crippen LogP contribution in [0.5, 0.6) is 5.75 Å². The molecule has 0 saturated carbocycles. The number of rotatable bonds is 2. The Hall–Kier alpha value is -4.02. The van der Waals surface area contributed by atoms with E-state index in [0.29, 0.717) is 27.6 Å². The Morgan fingerprint density at radius 3 is 2.62 bits per heavy atom. The number of amides is 1. The lowest BCUT2D eigenvalue weighted by atomic mass is 9.69. The summed E-state index contributed by atoms with van der Waals surface area (Å²) in [6.45, 7) is 1.73. The van der Waals surface area contributed by atoms with Crippen molar-refractivity contribution < 1.29 is 13.9 Å². The number of anilines is 1. The van der Waals surface area contributed by atoms with Crippen molar-refractivity contribution in [3.05, 3.63) is 104 Å². The molecule has 0 radical (unpaired) electrons. The molecule has 1 amide bonds. The van der Waals surface area contributed by atoms with Crippen LogP contribution in [0, 0.1) is 18.3 Å². The number of halogens is 1. The molecule has 0 bridgehead atoms. The van der Waals surface area contributed by atoms with Gasteiger partial charge in [-0.2, -0.15) is 5.26 Å². The molecular weight excluding hydrogens is 430 g/mol. The molecule has 3 aromatic rings. The van der Waals surface area contributed by atoms with Crippen LogP contribution >= 0.6 is 11.6 Å². The first-order valence-corrected chi connectivity index (χ1v) is 10.2. The Bertz CT molecular complexity index is 1440. The summed E-state index contributed by atoms with van der Waals surface area (Å²) < 4.78 is 10.9. The van der Waals surface area contributed by atoms with Gasteiger partial charge in [0, 0.05) is 22.3 Å². The molecule has 7 nitrogen and oxygen atoms in total. The summed E-state index contributed by atoms with van der Waals surface area (Å²) in [5, 5.41) is 10.5. The average molecular weight is 446 g/mol. The van der Waals surface area contributed by atoms with E-state index in [4.69, 9.17) is 26.5 Å². The van der Waals surface area contributed by atoms with Gasteiger partial charge in [-0.05, 0) is 24.6 Å². The molecule has 0 fully saturated rings. The summed E-state index contributed by atoms with van der Waals surface area (Å²) in [4.78, 5) is 28.8. The summed E-state index contributed by atoms with van der Waals surface area (Å²) in [7, 11) is 0. The van der Waals surface area contributed by atoms with Crippen molar-refractivity contribution in [2.45, 2.75) is 18.9 Å². The van der Waals surface area contributed by atoms with Gasteiger partial charge in [-0.1, -0.05) is 48.0 Å². The van der Waals surface area contributed by atoms with Gasteiger partial charge in [-0.25, -0.2) is 4.79 Å². The fourth-order valence-electron chi connectivity index (χ4n) is 4.51. The van der Waals surface area contributed by atoms with Gasteiger partial charge in [0.25, 0.3) is 0 Å². The van der Waals surface area contributed by atoms with E-state index in [1.807, 2.05) is 18.2 Å². The molecule has 2 aromatic carbocycles. The van der Waals surface area contributed by atoms with Gasteiger partial charge in [0.2, 0.25) is 11.8 Å². The zero-order valence-electron chi connectivity index (χ0n) is 16.9. The number of nitriles is 1. The quantitative estimate of drug-likeness (QED) is 0.646. The number of hydrogen-bond acceptors (Lipinski definition) is 6. The van der Waals surface area contributed by atoms with Gasteiger partial charge in [-0.15, -0.1) is 0 Å². The van der Waals surface area contributed by atoms with Crippen molar-refractivity contribution >= 4 is 23.2 Å². The van der Waals surface area contributed by atoms with Crippen molar-refractivity contribution in [2.75, 3.05) is 4.90 Å². The number of nitrogens with two attached hydrogens (primary N) is 1. The zero-order chi connectivity index (χ0) is 22.6. The minimum Gasteiger partial charge on any atom is -0.440 e. The maximum Gasteiger partial charge on any atom is 0.344 e. The molecule has 0 saturated heterocycles. The maximum absolute atomic E-state index is 14.2. The second kappa shape index (κ2) is 7.01. The highest BCUT2D eigenvalue weighted by Crippen LogP contribution is 2.54. The topological polar surface area (TPSA) is 110 Å². The normalized spacial score (nSPS) is 18.9. The minimum atomic E-state index is -1.78. The lowest BCUT2D eigenvalue weighted by Crippen LogP contribution is -2.48. The fourth-order valence-corrected chi connectivity index (χ4v) is 4.71. The third kappa shape index (κ3) is 2.53. The molecule has 0 aliphatic carbocycles. The average Bonchev–Trinajstić information content (AvgIpc) is 2.98. The van der Waals surface area contributed by atoms with Crippen LogP contribution in [-0.4, -0.2) is 5.91 Å². The van der Waals surface area contributed by atoms with Crippen molar-refractivity contribution in [1.29, 1.82) is 5.26 Å². The molecular formula is C24H16ClN3O4. The second-order valence-electron chi connectivity index (χ2n) is 7.59. The number of fused-ring (bicyclic) bond motifs is 4. The molecule has 3 heterocycles. The second-order valence-corrected chi connectivity index (χ2v) is 7.99. The summed E-state index contributed by atoms with van der Waals surface area (Å²) in [6.07, 6.45) is 0. The number of para-hydroxylation sites is 1. The smallest absolute Gasteiger partial charge is 0.344 e. The first-order valence-electron chi connectivity index (χ1n) is 9.78. The van der Waals surface area contributed by atoms with Crippen LogP contribution in [0.15, 0.2) is 75.3 Å². The van der Waals surface area contributed by atoms with Crippen molar-refractivity contribution in [1.82, 2.24) is 0 Å². The number of hydrogen-bond donors (Lipinski definition) is 1. The van der Waals surface area contributed by atoms with Gasteiger partial charge < -0.3 is 19.8 Å². The van der Waals surface area contributed by atoms with Gasteiger partial charge in [0.1, 0.15) is 28.7 Å². The summed E-state index contributed by atoms with van der Waals surface area (Å²) in [5.41, 5.74) is 5.07. The standard InChI is InChI=1S/C24H16ClN3O4/c1-13-10-19-20(22(29)31-13)24(16(11-26)21(27)32-19)15-7-3-5-9-18(15)28(23(24)30)12-14-6-2-4-8-17(14)25/h2-10H,12,27H2,1H3. The highest BCUT2D eigenvalue weighted by Gasteiger charge is 2.61. The Labute approximate surface area is 187 Å². The molecule has 158 valence electrons. The van der Waals surface area contributed by atoms with E-state index in [1.165, 1.54) is 11.0 Å². The number of nitrogens with zero attached hydrogens (tertiary/aromatic N) is 2. The molecule has 1 atom stereocenters. The Kier molecular flexibility index (Phi) is 4.36. The summed E-state index contributed by atoms with van der Waals surface area (Å²) >= 11 is 6.35. The molecule has 5 rings (SSSR count). The third-order valence-electron chi connectivity index (χ3n) is 5.82. The van der Waals surface area contributed by atoms with Crippen LogP contribution in [0.3, 0.4) is 0 Å². The van der Waals surface area contributed by atoms with E-state index in [-0.39, 0.29) is 29.3 Å². The van der Waals surface area contributed by atoms with E-state index >= 15 is 0 Å². The first kappa shape index (κ1) is 19.9. The molecule has 32 heavy (non-hydrogen) atoms. The molecule has 8 heteroatoms. The van der Waals surface area contributed by atoms with E-state index in [1.54, 1.807) is 43.3 Å². The van der Waals surface area contributed by atoms with E-state index in [0.717, 1.165) is 0 Å². The number of carbonyl (C=O) groups excluding carboxylic acids is 1. The Morgan fingerprint density at radius 1 is 1.16 bits per heavy atom. The molecule has 2 N–H and O–H groups in total. The largest absolute Gasteiger partial charge is 0.440 e. The van der Waals surface area contributed by atoms with Crippen LogP contribution < -0.4 is 21.0 Å². The van der Waals surface area contributed by atoms with Crippen molar-refractivity contribution in [3.63, 3.8) is 0 Å². The Morgan fingerprint density at radius 2 is 1.88 bits per heavy atom. The summed E-state index contributed by atoms with van der Waals surface area (Å²) in [5.74, 6) is -0.340. The van der Waals surface area contributed by atoms with Crippen molar-refractivity contribution in [2.24, 2.45) is 5.73 Å². The lowest BCUT2D eigenvalue weighted by molar-refractivity contribution is -0.121. The minimum absolute atomic E-state index is 0.0621. The SMILES string of the molecule is Cc1cc2c(c(=O)o1)C1(C(=O)N(Cc3ccccc3Cl)c3ccccc31)C(C#N)=C(N)O2. The van der Waals surface area contributed by atoms with Crippen molar-refractivity contribution in [3.8, 4) is 11.8 Å². The number of ether oxygens (including phenoxy) is 1. The number of carbonyl (C=O) groups is 1. The number of benzene rings is 2. The van der Waals surface area contributed by atoms with Gasteiger partial charge >= 0.3 is 5.63 Å². The third-order valence-corrected chi connectivity index (χ3v) is 6.19. The predicted molar refractivity (Wildman–Crippen MR) is 117 cm³/mol. The fraction of sp³-hybridized carbons (Fsp3) is 0.125.